The topological polar surface area (TPSA) is 73.6 Å². The van der Waals surface area contributed by atoms with Crippen molar-refractivity contribution in [3.8, 4) is 0 Å². The molecule has 1 aromatic rings. The van der Waals surface area contributed by atoms with E-state index in [1.807, 2.05) is 6.07 Å². The molecule has 0 aromatic heterocycles. The lowest BCUT2D eigenvalue weighted by molar-refractivity contribution is 0.0526. The molecule has 0 atom stereocenters. The monoisotopic (exact) mass is 292 g/mol. The number of hydrogen-bond acceptors (Lipinski definition) is 5. The van der Waals surface area contributed by atoms with Crippen LogP contribution in [0.15, 0.2) is 18.2 Å². The van der Waals surface area contributed by atoms with Crippen molar-refractivity contribution in [3.63, 3.8) is 0 Å². The van der Waals surface area contributed by atoms with Gasteiger partial charge in [0.25, 0.3) is 0 Å². The van der Waals surface area contributed by atoms with Crippen molar-refractivity contribution < 1.29 is 14.3 Å². The van der Waals surface area contributed by atoms with E-state index in [0.717, 1.165) is 37.8 Å². The van der Waals surface area contributed by atoms with Crippen molar-refractivity contribution in [1.29, 1.82) is 0 Å². The summed E-state index contributed by atoms with van der Waals surface area (Å²) in [7, 11) is 0. The van der Waals surface area contributed by atoms with Gasteiger partial charge in [-0.3, -0.25) is 0 Å². The fourth-order valence-corrected chi connectivity index (χ4v) is 2.00. The Hall–Kier alpha value is -1.75. The second kappa shape index (κ2) is 7.88. The van der Waals surface area contributed by atoms with Crippen molar-refractivity contribution in [3.05, 3.63) is 23.8 Å². The average molecular weight is 292 g/mol. The quantitative estimate of drug-likeness (QED) is 0.416. The lowest BCUT2D eigenvalue weighted by atomic mass is 10.1. The summed E-state index contributed by atoms with van der Waals surface area (Å²) in [6.07, 6.45) is 3.58. The van der Waals surface area contributed by atoms with E-state index < -0.39 is 0 Å². The van der Waals surface area contributed by atoms with E-state index in [1.165, 1.54) is 12.8 Å². The predicted molar refractivity (Wildman–Crippen MR) is 83.5 cm³/mol. The number of ether oxygens (including phenoxy) is 2. The smallest absolute Gasteiger partial charge is 0.338 e. The van der Waals surface area contributed by atoms with E-state index in [4.69, 9.17) is 15.2 Å². The Kier molecular flexibility index (Phi) is 5.87. The molecule has 1 saturated carbocycles. The summed E-state index contributed by atoms with van der Waals surface area (Å²) in [4.78, 5) is 11.6. The second-order valence-electron chi connectivity index (χ2n) is 5.32. The molecule has 1 aliphatic carbocycles. The van der Waals surface area contributed by atoms with Crippen LogP contribution >= 0.6 is 0 Å². The van der Waals surface area contributed by atoms with Gasteiger partial charge in [0.05, 0.1) is 23.5 Å². The molecular weight excluding hydrogens is 268 g/mol. The van der Waals surface area contributed by atoms with Gasteiger partial charge in [0, 0.05) is 19.8 Å². The van der Waals surface area contributed by atoms with Crippen LogP contribution < -0.4 is 11.1 Å². The Morgan fingerprint density at radius 3 is 2.90 bits per heavy atom. The number of rotatable bonds is 9. The van der Waals surface area contributed by atoms with Gasteiger partial charge in [0.2, 0.25) is 0 Å². The maximum absolute atomic E-state index is 11.6. The van der Waals surface area contributed by atoms with E-state index in [-0.39, 0.29) is 5.97 Å². The molecule has 1 aliphatic rings. The highest BCUT2D eigenvalue weighted by atomic mass is 16.5. The maximum Gasteiger partial charge on any atom is 0.338 e. The van der Waals surface area contributed by atoms with Crippen molar-refractivity contribution in [2.24, 2.45) is 5.92 Å². The Balaban J connectivity index is 1.71. The molecule has 0 heterocycles. The van der Waals surface area contributed by atoms with Crippen LogP contribution in [0.2, 0.25) is 0 Å². The molecule has 0 amide bonds. The van der Waals surface area contributed by atoms with Crippen LogP contribution in [0.4, 0.5) is 11.4 Å². The zero-order chi connectivity index (χ0) is 15.1. The molecule has 116 valence electrons. The lowest BCUT2D eigenvalue weighted by Gasteiger charge is -2.11. The number of carbonyl (C=O) groups excluding carboxylic acids is 1. The van der Waals surface area contributed by atoms with E-state index in [9.17, 15) is 4.79 Å². The van der Waals surface area contributed by atoms with Crippen LogP contribution in [0.5, 0.6) is 0 Å². The first-order valence-corrected chi connectivity index (χ1v) is 7.59. The number of nitrogens with one attached hydrogen (secondary N) is 1. The molecule has 1 fully saturated rings. The first-order chi connectivity index (χ1) is 10.2. The SMILES string of the molecule is CCOC(=O)c1ccc(NCCCOCC2CC2)c(N)c1. The molecular formula is C16H24N2O3. The normalized spacial score (nSPS) is 14.0. The standard InChI is InChI=1S/C16H24N2O3/c1-2-21-16(19)13-6-7-15(14(17)10-13)18-8-3-9-20-11-12-4-5-12/h6-7,10,12,18H,2-5,8-9,11,17H2,1H3. The minimum atomic E-state index is -0.343. The molecule has 0 aliphatic heterocycles. The molecule has 0 bridgehead atoms. The molecule has 5 nitrogen and oxygen atoms in total. The van der Waals surface area contributed by atoms with Gasteiger partial charge in [-0.1, -0.05) is 0 Å². The lowest BCUT2D eigenvalue weighted by Crippen LogP contribution is -2.10. The summed E-state index contributed by atoms with van der Waals surface area (Å²) in [5.41, 5.74) is 7.82. The first kappa shape index (κ1) is 15.6. The fraction of sp³-hybridized carbons (Fsp3) is 0.562. The maximum atomic E-state index is 11.6. The number of hydrogen-bond donors (Lipinski definition) is 2. The Bertz CT molecular complexity index is 473. The molecule has 0 radical (unpaired) electrons. The summed E-state index contributed by atoms with van der Waals surface area (Å²) in [5.74, 6) is 0.466. The summed E-state index contributed by atoms with van der Waals surface area (Å²) >= 11 is 0. The van der Waals surface area contributed by atoms with Crippen LogP contribution in [0.3, 0.4) is 0 Å². The number of carbonyl (C=O) groups is 1. The van der Waals surface area contributed by atoms with Gasteiger partial charge in [-0.05, 0) is 50.3 Å². The third-order valence-electron chi connectivity index (χ3n) is 3.39. The third kappa shape index (κ3) is 5.27. The summed E-state index contributed by atoms with van der Waals surface area (Å²) in [6.45, 7) is 4.61. The van der Waals surface area contributed by atoms with Crippen LogP contribution in [-0.4, -0.2) is 32.3 Å². The fourth-order valence-electron chi connectivity index (χ4n) is 2.00. The number of nitrogens with two attached hydrogens (primary N) is 1. The molecule has 0 unspecified atom stereocenters. The van der Waals surface area contributed by atoms with E-state index in [2.05, 4.69) is 5.32 Å². The van der Waals surface area contributed by atoms with Gasteiger partial charge in [-0.15, -0.1) is 0 Å². The zero-order valence-electron chi connectivity index (χ0n) is 12.6. The van der Waals surface area contributed by atoms with Gasteiger partial charge >= 0.3 is 5.97 Å². The van der Waals surface area contributed by atoms with Gasteiger partial charge in [-0.25, -0.2) is 4.79 Å². The molecule has 1 aromatic carbocycles. The van der Waals surface area contributed by atoms with E-state index in [0.29, 0.717) is 17.9 Å². The highest BCUT2D eigenvalue weighted by Gasteiger charge is 2.20. The van der Waals surface area contributed by atoms with Crippen molar-refractivity contribution in [2.75, 3.05) is 37.4 Å². The molecule has 0 saturated heterocycles. The molecule has 0 spiro atoms. The van der Waals surface area contributed by atoms with Crippen LogP contribution in [-0.2, 0) is 9.47 Å². The van der Waals surface area contributed by atoms with Crippen molar-refractivity contribution in [2.45, 2.75) is 26.2 Å². The zero-order valence-corrected chi connectivity index (χ0v) is 12.6. The summed E-state index contributed by atoms with van der Waals surface area (Å²) in [6, 6.07) is 5.18. The Morgan fingerprint density at radius 2 is 2.24 bits per heavy atom. The predicted octanol–water partition coefficient (Wildman–Crippen LogP) is 2.67. The van der Waals surface area contributed by atoms with Gasteiger partial charge in [0.15, 0.2) is 0 Å². The minimum Gasteiger partial charge on any atom is -0.462 e. The van der Waals surface area contributed by atoms with Crippen molar-refractivity contribution >= 4 is 17.3 Å². The number of anilines is 2. The largest absolute Gasteiger partial charge is 0.462 e. The van der Waals surface area contributed by atoms with Gasteiger partial charge < -0.3 is 20.5 Å². The second-order valence-corrected chi connectivity index (χ2v) is 5.32. The molecule has 5 heteroatoms. The van der Waals surface area contributed by atoms with Gasteiger partial charge in [-0.2, -0.15) is 0 Å². The first-order valence-electron chi connectivity index (χ1n) is 7.59. The third-order valence-corrected chi connectivity index (χ3v) is 3.39. The van der Waals surface area contributed by atoms with Crippen LogP contribution in [0.25, 0.3) is 0 Å². The van der Waals surface area contributed by atoms with Gasteiger partial charge in [0.1, 0.15) is 0 Å². The number of benzene rings is 1. The van der Waals surface area contributed by atoms with Crippen molar-refractivity contribution in [1.82, 2.24) is 0 Å². The summed E-state index contributed by atoms with van der Waals surface area (Å²) in [5, 5.41) is 3.26. The van der Waals surface area contributed by atoms with Crippen LogP contribution in [0, 0.1) is 5.92 Å². The number of nitrogen functional groups attached to an aromatic ring is 1. The Labute approximate surface area is 125 Å². The Morgan fingerprint density at radius 1 is 1.43 bits per heavy atom. The molecule has 2 rings (SSSR count). The summed E-state index contributed by atoms with van der Waals surface area (Å²) < 4.78 is 10.5. The van der Waals surface area contributed by atoms with Crippen LogP contribution in [0.1, 0.15) is 36.5 Å². The highest BCUT2D eigenvalue weighted by Crippen LogP contribution is 2.28. The minimum absolute atomic E-state index is 0.343. The molecule has 21 heavy (non-hydrogen) atoms. The van der Waals surface area contributed by atoms with E-state index >= 15 is 0 Å². The number of esters is 1. The van der Waals surface area contributed by atoms with E-state index in [1.54, 1.807) is 19.1 Å². The highest BCUT2D eigenvalue weighted by molar-refractivity contribution is 5.91. The molecule has 3 N–H and O–H groups in total. The average Bonchev–Trinajstić information content (AvgIpc) is 3.28.